The van der Waals surface area contributed by atoms with Crippen LogP contribution in [0.3, 0.4) is 0 Å². The third-order valence-corrected chi connectivity index (χ3v) is 6.42. The third-order valence-electron chi connectivity index (χ3n) is 5.50. The van der Waals surface area contributed by atoms with Gasteiger partial charge in [0.25, 0.3) is 0 Å². The van der Waals surface area contributed by atoms with Crippen molar-refractivity contribution in [3.8, 4) is 16.3 Å². The summed E-state index contributed by atoms with van der Waals surface area (Å²) >= 11 is 1.59. The topological polar surface area (TPSA) is 42.4 Å². The number of nitrogens with zero attached hydrogens (tertiary/aromatic N) is 2. The number of para-hydroxylation sites is 1. The van der Waals surface area contributed by atoms with Gasteiger partial charge in [0, 0.05) is 17.5 Å². The van der Waals surface area contributed by atoms with E-state index < -0.39 is 0 Å². The summed E-state index contributed by atoms with van der Waals surface area (Å²) in [4.78, 5) is 20.1. The van der Waals surface area contributed by atoms with E-state index in [2.05, 4.69) is 4.90 Å². The van der Waals surface area contributed by atoms with E-state index >= 15 is 0 Å². The Bertz CT molecular complexity index is 778. The van der Waals surface area contributed by atoms with Gasteiger partial charge < -0.3 is 9.64 Å². The standard InChI is InChI=1S/C22H28N2O2S/c1-2-26-20-11-7-6-10-19(20)22-23-16(15-27-22)14-21(25)24(18-12-13-18)17-8-4-3-5-9-17/h6-7,10-11,15,17-18H,2-5,8-9,12-14H2,1H3. The molecule has 144 valence electrons. The quantitative estimate of drug-likeness (QED) is 0.669. The monoisotopic (exact) mass is 384 g/mol. The number of rotatable bonds is 7. The lowest BCUT2D eigenvalue weighted by atomic mass is 9.93. The number of hydrogen-bond acceptors (Lipinski definition) is 4. The zero-order valence-corrected chi connectivity index (χ0v) is 16.8. The highest BCUT2D eigenvalue weighted by atomic mass is 32.1. The predicted molar refractivity (Wildman–Crippen MR) is 109 cm³/mol. The number of amides is 1. The van der Waals surface area contributed by atoms with Gasteiger partial charge in [-0.05, 0) is 44.7 Å². The van der Waals surface area contributed by atoms with Gasteiger partial charge in [-0.2, -0.15) is 0 Å². The fraction of sp³-hybridized carbons (Fsp3) is 0.545. The molecule has 2 aromatic rings. The van der Waals surface area contributed by atoms with Crippen molar-refractivity contribution in [1.82, 2.24) is 9.88 Å². The molecule has 0 bridgehead atoms. The number of carbonyl (C=O) groups excluding carboxylic acids is 1. The lowest BCUT2D eigenvalue weighted by Gasteiger charge is -2.34. The van der Waals surface area contributed by atoms with Crippen molar-refractivity contribution in [2.24, 2.45) is 0 Å². The smallest absolute Gasteiger partial charge is 0.229 e. The highest BCUT2D eigenvalue weighted by Crippen LogP contribution is 2.35. The molecule has 0 atom stereocenters. The van der Waals surface area contributed by atoms with Crippen LogP contribution < -0.4 is 4.74 Å². The first-order valence-electron chi connectivity index (χ1n) is 10.2. The van der Waals surface area contributed by atoms with Crippen LogP contribution >= 0.6 is 11.3 Å². The second-order valence-electron chi connectivity index (χ2n) is 7.57. The van der Waals surface area contributed by atoms with E-state index in [4.69, 9.17) is 9.72 Å². The van der Waals surface area contributed by atoms with E-state index in [1.54, 1.807) is 11.3 Å². The fourth-order valence-corrected chi connectivity index (χ4v) is 4.95. The van der Waals surface area contributed by atoms with Crippen LogP contribution in [-0.2, 0) is 11.2 Å². The molecular weight excluding hydrogens is 356 g/mol. The van der Waals surface area contributed by atoms with E-state index in [1.807, 2.05) is 36.6 Å². The van der Waals surface area contributed by atoms with Crippen LogP contribution in [0, 0.1) is 0 Å². The summed E-state index contributed by atoms with van der Waals surface area (Å²) in [7, 11) is 0. The average molecular weight is 385 g/mol. The van der Waals surface area contributed by atoms with Crippen LogP contribution in [0.5, 0.6) is 5.75 Å². The summed E-state index contributed by atoms with van der Waals surface area (Å²) in [5, 5.41) is 2.96. The molecule has 2 saturated carbocycles. The Morgan fingerprint density at radius 1 is 1.15 bits per heavy atom. The van der Waals surface area contributed by atoms with Crippen molar-refractivity contribution in [1.29, 1.82) is 0 Å². The molecule has 27 heavy (non-hydrogen) atoms. The number of thiazole rings is 1. The molecule has 4 nitrogen and oxygen atoms in total. The number of ether oxygens (including phenoxy) is 1. The van der Waals surface area contributed by atoms with Crippen LogP contribution in [0.25, 0.3) is 10.6 Å². The molecule has 2 aliphatic carbocycles. The van der Waals surface area contributed by atoms with Gasteiger partial charge in [0.2, 0.25) is 5.91 Å². The minimum absolute atomic E-state index is 0.263. The van der Waals surface area contributed by atoms with E-state index in [-0.39, 0.29) is 5.91 Å². The zero-order chi connectivity index (χ0) is 18.6. The van der Waals surface area contributed by atoms with Crippen LogP contribution in [0.2, 0.25) is 0 Å². The highest BCUT2D eigenvalue weighted by Gasteiger charge is 2.37. The molecule has 2 fully saturated rings. The Morgan fingerprint density at radius 3 is 2.63 bits per heavy atom. The first-order chi connectivity index (χ1) is 13.3. The van der Waals surface area contributed by atoms with Crippen LogP contribution in [0.4, 0.5) is 0 Å². The summed E-state index contributed by atoms with van der Waals surface area (Å²) in [5.74, 6) is 1.12. The van der Waals surface area contributed by atoms with Crippen LogP contribution in [-0.4, -0.2) is 34.5 Å². The molecule has 2 aliphatic rings. The van der Waals surface area contributed by atoms with Gasteiger partial charge >= 0.3 is 0 Å². The van der Waals surface area contributed by atoms with Crippen molar-refractivity contribution < 1.29 is 9.53 Å². The van der Waals surface area contributed by atoms with Gasteiger partial charge in [-0.25, -0.2) is 4.98 Å². The van der Waals surface area contributed by atoms with Gasteiger partial charge in [0.1, 0.15) is 10.8 Å². The summed E-state index contributed by atoms with van der Waals surface area (Å²) < 4.78 is 5.73. The maximum atomic E-state index is 13.1. The lowest BCUT2D eigenvalue weighted by molar-refractivity contribution is -0.134. The third kappa shape index (κ3) is 4.34. The normalized spacial score (nSPS) is 17.7. The molecule has 1 heterocycles. The van der Waals surface area contributed by atoms with E-state index in [9.17, 15) is 4.79 Å². The molecule has 0 radical (unpaired) electrons. The zero-order valence-electron chi connectivity index (χ0n) is 16.0. The van der Waals surface area contributed by atoms with Crippen molar-refractivity contribution in [2.45, 2.75) is 70.4 Å². The van der Waals surface area contributed by atoms with Crippen molar-refractivity contribution in [3.05, 3.63) is 35.3 Å². The summed E-state index contributed by atoms with van der Waals surface area (Å²) in [6.45, 7) is 2.62. The van der Waals surface area contributed by atoms with E-state index in [0.717, 1.165) is 22.0 Å². The SMILES string of the molecule is CCOc1ccccc1-c1nc(CC(=O)N(C2CCCCC2)C2CC2)cs1. The van der Waals surface area contributed by atoms with Gasteiger partial charge in [0.05, 0.1) is 24.3 Å². The molecule has 0 spiro atoms. The Balaban J connectivity index is 1.48. The highest BCUT2D eigenvalue weighted by molar-refractivity contribution is 7.13. The summed E-state index contributed by atoms with van der Waals surface area (Å²) in [6.07, 6.45) is 8.95. The van der Waals surface area contributed by atoms with Crippen molar-refractivity contribution >= 4 is 17.2 Å². The summed E-state index contributed by atoms with van der Waals surface area (Å²) in [5.41, 5.74) is 1.89. The Morgan fingerprint density at radius 2 is 1.89 bits per heavy atom. The number of hydrogen-bond donors (Lipinski definition) is 0. The average Bonchev–Trinajstić information content (AvgIpc) is 3.41. The largest absolute Gasteiger partial charge is 0.493 e. The number of aromatic nitrogens is 1. The maximum Gasteiger partial charge on any atom is 0.229 e. The first kappa shape index (κ1) is 18.5. The van der Waals surface area contributed by atoms with E-state index in [1.165, 1.54) is 44.9 Å². The number of carbonyl (C=O) groups is 1. The predicted octanol–water partition coefficient (Wildman–Crippen LogP) is 5.08. The van der Waals surface area contributed by atoms with Crippen molar-refractivity contribution in [3.63, 3.8) is 0 Å². The summed E-state index contributed by atoms with van der Waals surface area (Å²) in [6, 6.07) is 8.93. The van der Waals surface area contributed by atoms with Gasteiger partial charge in [0.15, 0.2) is 0 Å². The molecule has 0 unspecified atom stereocenters. The fourth-order valence-electron chi connectivity index (χ4n) is 4.10. The maximum absolute atomic E-state index is 13.1. The van der Waals surface area contributed by atoms with Crippen LogP contribution in [0.15, 0.2) is 29.6 Å². The molecule has 4 rings (SSSR count). The Hall–Kier alpha value is -1.88. The molecule has 1 amide bonds. The number of benzene rings is 1. The van der Waals surface area contributed by atoms with Gasteiger partial charge in [-0.1, -0.05) is 31.4 Å². The van der Waals surface area contributed by atoms with Gasteiger partial charge in [-0.3, -0.25) is 4.79 Å². The molecule has 1 aromatic carbocycles. The lowest BCUT2D eigenvalue weighted by Crippen LogP contribution is -2.43. The molecule has 5 heteroatoms. The second kappa shape index (κ2) is 8.42. The van der Waals surface area contributed by atoms with Gasteiger partial charge in [-0.15, -0.1) is 11.3 Å². The first-order valence-corrected chi connectivity index (χ1v) is 11.1. The van der Waals surface area contributed by atoms with Crippen LogP contribution in [0.1, 0.15) is 57.6 Å². The van der Waals surface area contributed by atoms with E-state index in [0.29, 0.717) is 25.1 Å². The molecule has 0 N–H and O–H groups in total. The molecule has 0 saturated heterocycles. The Kier molecular flexibility index (Phi) is 5.77. The second-order valence-corrected chi connectivity index (χ2v) is 8.43. The Labute approximate surface area is 165 Å². The molecule has 1 aromatic heterocycles. The molecule has 0 aliphatic heterocycles. The molecular formula is C22H28N2O2S. The van der Waals surface area contributed by atoms with Crippen molar-refractivity contribution in [2.75, 3.05) is 6.61 Å². The minimum Gasteiger partial charge on any atom is -0.493 e. The minimum atomic E-state index is 0.263.